The number of alkyl halides is 4. The van der Waals surface area contributed by atoms with Gasteiger partial charge in [-0.25, -0.2) is 4.39 Å². The van der Waals surface area contributed by atoms with Gasteiger partial charge in [-0.15, -0.1) is 0 Å². The Kier molecular flexibility index (Phi) is 4.89. The number of fused-ring (bicyclic) bond motifs is 1. The number of aryl methyl sites for hydroxylation is 2. The van der Waals surface area contributed by atoms with Crippen LogP contribution in [-0.2, 0) is 19.0 Å². The molecule has 0 unspecified atom stereocenters. The van der Waals surface area contributed by atoms with Crippen LogP contribution in [0.2, 0.25) is 0 Å². The molecule has 1 heterocycles. The molecule has 29 heavy (non-hydrogen) atoms. The molecule has 2 aromatic carbocycles. The van der Waals surface area contributed by atoms with Crippen molar-refractivity contribution in [1.29, 1.82) is 0 Å². The lowest BCUT2D eigenvalue weighted by Gasteiger charge is -2.12. The Morgan fingerprint density at radius 2 is 1.69 bits per heavy atom. The Balaban J connectivity index is 1.39. The molecule has 1 aromatic heterocycles. The first-order chi connectivity index (χ1) is 13.7. The summed E-state index contributed by atoms with van der Waals surface area (Å²) in [4.78, 5) is 3.17. The minimum absolute atomic E-state index is 0.395. The molecule has 2 N–H and O–H groups in total. The number of anilines is 1. The van der Waals surface area contributed by atoms with Gasteiger partial charge in [-0.05, 0) is 67.5 Å². The van der Waals surface area contributed by atoms with E-state index in [0.29, 0.717) is 25.0 Å². The molecule has 1 aliphatic carbocycles. The fourth-order valence-corrected chi connectivity index (χ4v) is 3.47. The van der Waals surface area contributed by atoms with E-state index in [9.17, 15) is 17.6 Å². The number of H-pyrrole nitrogens is 1. The molecule has 3 aromatic rings. The van der Waals surface area contributed by atoms with Crippen LogP contribution in [-0.4, -0.2) is 10.7 Å². The second kappa shape index (κ2) is 7.25. The van der Waals surface area contributed by atoms with Crippen molar-refractivity contribution in [2.24, 2.45) is 0 Å². The quantitative estimate of drug-likeness (QED) is 0.419. The van der Waals surface area contributed by atoms with E-state index in [1.165, 1.54) is 12.1 Å². The lowest BCUT2D eigenvalue weighted by Crippen LogP contribution is -2.11. The van der Waals surface area contributed by atoms with E-state index in [1.807, 2.05) is 18.3 Å². The van der Waals surface area contributed by atoms with Gasteiger partial charge in [0.1, 0.15) is 5.67 Å². The van der Waals surface area contributed by atoms with Gasteiger partial charge in [-0.3, -0.25) is 0 Å². The molecular formula is C23H22F4N2. The number of aromatic amines is 1. The van der Waals surface area contributed by atoms with Crippen LogP contribution < -0.4 is 5.32 Å². The Hall–Kier alpha value is -2.76. The smallest absolute Gasteiger partial charge is 0.359 e. The summed E-state index contributed by atoms with van der Waals surface area (Å²) in [5, 5.41) is 4.08. The van der Waals surface area contributed by atoms with Crippen LogP contribution in [0, 0.1) is 0 Å². The van der Waals surface area contributed by atoms with Crippen LogP contribution in [0.5, 0.6) is 0 Å². The highest BCUT2D eigenvalue weighted by Gasteiger charge is 2.46. The second-order valence-electron chi connectivity index (χ2n) is 7.70. The zero-order chi connectivity index (χ0) is 20.6. The summed E-state index contributed by atoms with van der Waals surface area (Å²) < 4.78 is 52.1. The van der Waals surface area contributed by atoms with E-state index in [1.54, 1.807) is 0 Å². The first kappa shape index (κ1) is 19.6. The number of hydrogen-bond donors (Lipinski definition) is 2. The van der Waals surface area contributed by atoms with Gasteiger partial charge < -0.3 is 10.3 Å². The van der Waals surface area contributed by atoms with Crippen molar-refractivity contribution in [2.75, 3.05) is 5.32 Å². The fraction of sp³-hybridized carbons (Fsp3) is 0.304. The molecule has 0 radical (unpaired) electrons. The van der Waals surface area contributed by atoms with E-state index in [4.69, 9.17) is 0 Å². The minimum atomic E-state index is -4.30. The molecule has 0 amide bonds. The zero-order valence-electron chi connectivity index (χ0n) is 15.9. The molecule has 6 heteroatoms. The Labute approximate surface area is 166 Å². The van der Waals surface area contributed by atoms with Crippen LogP contribution in [0.3, 0.4) is 0 Å². The van der Waals surface area contributed by atoms with Crippen molar-refractivity contribution in [3.63, 3.8) is 0 Å². The third-order valence-corrected chi connectivity index (χ3v) is 5.47. The second-order valence-corrected chi connectivity index (χ2v) is 7.70. The van der Waals surface area contributed by atoms with Gasteiger partial charge in [0.05, 0.1) is 11.3 Å². The molecular weight excluding hydrogens is 380 g/mol. The molecule has 0 atom stereocenters. The van der Waals surface area contributed by atoms with Crippen molar-refractivity contribution in [3.8, 4) is 0 Å². The Morgan fingerprint density at radius 1 is 1.03 bits per heavy atom. The third kappa shape index (κ3) is 4.31. The van der Waals surface area contributed by atoms with Crippen molar-refractivity contribution in [3.05, 3.63) is 77.6 Å². The highest BCUT2D eigenvalue weighted by molar-refractivity contribution is 5.93. The Morgan fingerprint density at radius 3 is 2.34 bits per heavy atom. The maximum atomic E-state index is 14.1. The molecule has 1 fully saturated rings. The van der Waals surface area contributed by atoms with Crippen molar-refractivity contribution in [2.45, 2.75) is 43.9 Å². The van der Waals surface area contributed by atoms with Crippen LogP contribution in [0.15, 0.2) is 60.9 Å². The van der Waals surface area contributed by atoms with E-state index >= 15 is 0 Å². The van der Waals surface area contributed by atoms with Gasteiger partial charge in [0, 0.05) is 22.8 Å². The van der Waals surface area contributed by atoms with Crippen LogP contribution in [0.4, 0.5) is 23.2 Å². The van der Waals surface area contributed by atoms with E-state index in [0.717, 1.165) is 52.7 Å². The molecule has 152 valence electrons. The summed E-state index contributed by atoms with van der Waals surface area (Å²) >= 11 is 0. The number of halogens is 4. The molecule has 1 saturated carbocycles. The number of hydrogen-bond acceptors (Lipinski definition) is 1. The number of nitrogens with one attached hydrogen (secondary N) is 2. The van der Waals surface area contributed by atoms with Gasteiger partial charge >= 0.3 is 6.18 Å². The van der Waals surface area contributed by atoms with Gasteiger partial charge in [0.25, 0.3) is 0 Å². The third-order valence-electron chi connectivity index (χ3n) is 5.47. The van der Waals surface area contributed by atoms with Crippen LogP contribution in [0.1, 0.15) is 36.0 Å². The summed E-state index contributed by atoms with van der Waals surface area (Å²) in [5.74, 6) is 0. The summed E-state index contributed by atoms with van der Waals surface area (Å²) in [6, 6.07) is 11.4. The maximum absolute atomic E-state index is 14.1. The normalized spacial score (nSPS) is 15.4. The lowest BCUT2D eigenvalue weighted by molar-refractivity contribution is -0.137. The summed E-state index contributed by atoms with van der Waals surface area (Å²) in [5.41, 5.74) is 2.25. The molecule has 2 nitrogen and oxygen atoms in total. The number of aromatic nitrogens is 1. The van der Waals surface area contributed by atoms with Gasteiger partial charge in [-0.2, -0.15) is 13.2 Å². The highest BCUT2D eigenvalue weighted by Crippen LogP contribution is 2.46. The summed E-state index contributed by atoms with van der Waals surface area (Å²) in [7, 11) is 0. The van der Waals surface area contributed by atoms with E-state index in [-0.39, 0.29) is 0 Å². The molecule has 4 rings (SSSR count). The number of allylic oxidation sites excluding steroid dienone is 1. The predicted molar refractivity (Wildman–Crippen MR) is 108 cm³/mol. The monoisotopic (exact) mass is 402 g/mol. The van der Waals surface area contributed by atoms with E-state index < -0.39 is 17.4 Å². The Bertz CT molecular complexity index is 1030. The molecule has 0 saturated heterocycles. The van der Waals surface area contributed by atoms with Gasteiger partial charge in [0.15, 0.2) is 0 Å². The lowest BCUT2D eigenvalue weighted by atomic mass is 10.0. The maximum Gasteiger partial charge on any atom is 0.416 e. The van der Waals surface area contributed by atoms with Crippen molar-refractivity contribution in [1.82, 2.24) is 4.98 Å². The SMILES string of the molecule is C=C(Nc1c[nH]c2ccc(CCCc3ccc(C(F)(F)F)cc3)cc12)C1(F)CC1. The molecule has 1 aliphatic rings. The topological polar surface area (TPSA) is 27.8 Å². The van der Waals surface area contributed by atoms with E-state index in [2.05, 4.69) is 22.9 Å². The highest BCUT2D eigenvalue weighted by atomic mass is 19.4. The van der Waals surface area contributed by atoms with Crippen molar-refractivity contribution < 1.29 is 17.6 Å². The average molecular weight is 402 g/mol. The molecule has 0 bridgehead atoms. The summed E-state index contributed by atoms with van der Waals surface area (Å²) in [6.07, 6.45) is 0.860. The predicted octanol–water partition coefficient (Wildman–Crippen LogP) is 6.79. The fourth-order valence-electron chi connectivity index (χ4n) is 3.47. The number of benzene rings is 2. The average Bonchev–Trinajstić information content (AvgIpc) is 3.32. The van der Waals surface area contributed by atoms with Crippen LogP contribution in [0.25, 0.3) is 10.9 Å². The largest absolute Gasteiger partial charge is 0.416 e. The standard InChI is InChI=1S/C23H22F4N2/c1-15(22(24)11-12-22)29-21-14-28-20-10-7-17(13-19(20)21)4-2-3-16-5-8-18(9-6-16)23(25,26)27/h5-10,13-14,28-29H,1-4,11-12H2. The number of rotatable bonds is 7. The molecule has 0 spiro atoms. The first-order valence-electron chi connectivity index (χ1n) is 9.66. The van der Waals surface area contributed by atoms with Gasteiger partial charge in [-0.1, -0.05) is 24.8 Å². The van der Waals surface area contributed by atoms with Crippen molar-refractivity contribution >= 4 is 16.6 Å². The minimum Gasteiger partial charge on any atom is -0.359 e. The summed E-state index contributed by atoms with van der Waals surface area (Å²) in [6.45, 7) is 3.83. The van der Waals surface area contributed by atoms with Gasteiger partial charge in [0.2, 0.25) is 0 Å². The molecule has 0 aliphatic heterocycles. The zero-order valence-corrected chi connectivity index (χ0v) is 15.9. The first-order valence-corrected chi connectivity index (χ1v) is 9.66. The van der Waals surface area contributed by atoms with Crippen LogP contribution >= 0.6 is 0 Å².